The molecule has 0 aliphatic carbocycles. The van der Waals surface area contributed by atoms with Crippen LogP contribution in [0.25, 0.3) is 0 Å². The number of hydrogen-bond acceptors (Lipinski definition) is 1. The highest BCUT2D eigenvalue weighted by Crippen LogP contribution is 2.17. The fourth-order valence-corrected chi connectivity index (χ4v) is 3.53. The minimum atomic E-state index is -0.240. The molecule has 1 aromatic heterocycles. The summed E-state index contributed by atoms with van der Waals surface area (Å²) in [7, 11) is 0. The fraction of sp³-hybridized carbons (Fsp3) is 0.292. The topological polar surface area (TPSA) is 25.2 Å². The number of benzene rings is 2. The fourth-order valence-electron chi connectivity index (χ4n) is 3.34. The summed E-state index contributed by atoms with van der Waals surface area (Å²) in [6.45, 7) is 4.00. The molecule has 0 aliphatic heterocycles. The average Bonchev–Trinajstić information content (AvgIpc) is 3.15. The second-order valence-corrected chi connectivity index (χ2v) is 7.63. The smallest absolute Gasteiger partial charge is 0.254 e. The molecule has 0 saturated heterocycles. The van der Waals surface area contributed by atoms with Crippen LogP contribution in [0, 0.1) is 5.82 Å². The van der Waals surface area contributed by atoms with E-state index in [0.717, 1.165) is 30.5 Å². The van der Waals surface area contributed by atoms with Crippen LogP contribution in [0.4, 0.5) is 4.39 Å². The molecule has 2 aromatic carbocycles. The van der Waals surface area contributed by atoms with Crippen molar-refractivity contribution in [2.75, 3.05) is 6.54 Å². The van der Waals surface area contributed by atoms with Crippen molar-refractivity contribution in [3.05, 3.63) is 94.5 Å². The third kappa shape index (κ3) is 5.94. The minimum absolute atomic E-state index is 0.0156. The quantitative estimate of drug-likeness (QED) is 0.386. The molecule has 152 valence electrons. The number of aromatic nitrogens is 1. The lowest BCUT2D eigenvalue weighted by Crippen LogP contribution is -2.32. The molecule has 0 fully saturated rings. The molecule has 0 aliphatic rings. The number of unbranched alkanes of at least 4 members (excludes halogenated alkanes) is 2. The van der Waals surface area contributed by atoms with Crippen molar-refractivity contribution in [3.8, 4) is 0 Å². The standard InChI is InChI=1S/C24H26ClFN2O/c1-2-3-4-14-28(24(29)20-7-5-8-21(25)16-20)18-23-9-6-15-27(23)17-19-10-12-22(26)13-11-19/h5-13,15-16H,2-4,14,17-18H2,1H3. The van der Waals surface area contributed by atoms with E-state index >= 15 is 0 Å². The van der Waals surface area contributed by atoms with Gasteiger partial charge in [-0.25, -0.2) is 4.39 Å². The maximum absolute atomic E-state index is 13.2. The number of amides is 1. The van der Waals surface area contributed by atoms with Gasteiger partial charge < -0.3 is 9.47 Å². The average molecular weight is 413 g/mol. The summed E-state index contributed by atoms with van der Waals surface area (Å²) in [4.78, 5) is 15.0. The number of carbonyl (C=O) groups excluding carboxylic acids is 1. The van der Waals surface area contributed by atoms with E-state index in [9.17, 15) is 9.18 Å². The second kappa shape index (κ2) is 10.3. The van der Waals surface area contributed by atoms with Gasteiger partial charge in [-0.15, -0.1) is 0 Å². The van der Waals surface area contributed by atoms with Gasteiger partial charge in [0.2, 0.25) is 0 Å². The second-order valence-electron chi connectivity index (χ2n) is 7.20. The molecule has 3 rings (SSSR count). The summed E-state index contributed by atoms with van der Waals surface area (Å²) in [5, 5.41) is 0.559. The van der Waals surface area contributed by atoms with Crippen LogP contribution in [0.3, 0.4) is 0 Å². The van der Waals surface area contributed by atoms with Gasteiger partial charge in [0, 0.05) is 35.6 Å². The lowest BCUT2D eigenvalue weighted by Gasteiger charge is -2.24. The van der Waals surface area contributed by atoms with E-state index in [1.165, 1.54) is 12.1 Å². The molecule has 0 N–H and O–H groups in total. The monoisotopic (exact) mass is 412 g/mol. The van der Waals surface area contributed by atoms with E-state index in [2.05, 4.69) is 11.5 Å². The zero-order chi connectivity index (χ0) is 20.6. The highest BCUT2D eigenvalue weighted by atomic mass is 35.5. The van der Waals surface area contributed by atoms with Crippen LogP contribution >= 0.6 is 11.6 Å². The highest BCUT2D eigenvalue weighted by molar-refractivity contribution is 6.30. The first-order chi connectivity index (χ1) is 14.1. The van der Waals surface area contributed by atoms with Crippen LogP contribution in [-0.2, 0) is 13.1 Å². The Balaban J connectivity index is 1.78. The van der Waals surface area contributed by atoms with E-state index < -0.39 is 0 Å². The Labute approximate surface area is 176 Å². The van der Waals surface area contributed by atoms with Gasteiger partial charge in [-0.05, 0) is 54.4 Å². The third-order valence-electron chi connectivity index (χ3n) is 4.93. The molecule has 0 saturated carbocycles. The summed E-state index contributed by atoms with van der Waals surface area (Å²) in [6.07, 6.45) is 5.13. The molecule has 0 spiro atoms. The van der Waals surface area contributed by atoms with Crippen LogP contribution < -0.4 is 0 Å². The maximum Gasteiger partial charge on any atom is 0.254 e. The van der Waals surface area contributed by atoms with Crippen molar-refractivity contribution >= 4 is 17.5 Å². The van der Waals surface area contributed by atoms with Gasteiger partial charge in [0.25, 0.3) is 5.91 Å². The van der Waals surface area contributed by atoms with E-state index in [1.54, 1.807) is 36.4 Å². The Hall–Kier alpha value is -2.59. The molecule has 0 atom stereocenters. The largest absolute Gasteiger partial charge is 0.345 e. The molecule has 0 bridgehead atoms. The molecule has 0 unspecified atom stereocenters. The molecule has 3 aromatic rings. The first-order valence-electron chi connectivity index (χ1n) is 10.00. The Morgan fingerprint density at radius 3 is 2.59 bits per heavy atom. The van der Waals surface area contributed by atoms with E-state index in [4.69, 9.17) is 11.6 Å². The predicted octanol–water partition coefficient (Wildman–Crippen LogP) is 6.16. The molecule has 1 amide bonds. The van der Waals surface area contributed by atoms with Gasteiger partial charge >= 0.3 is 0 Å². The number of carbonyl (C=O) groups is 1. The Kier molecular flexibility index (Phi) is 7.48. The zero-order valence-electron chi connectivity index (χ0n) is 16.7. The van der Waals surface area contributed by atoms with Crippen LogP contribution in [0.1, 0.15) is 47.8 Å². The van der Waals surface area contributed by atoms with Crippen LogP contribution in [0.15, 0.2) is 66.9 Å². The summed E-state index contributed by atoms with van der Waals surface area (Å²) in [6, 6.07) is 17.6. The van der Waals surface area contributed by atoms with Crippen LogP contribution in [0.5, 0.6) is 0 Å². The summed E-state index contributed by atoms with van der Waals surface area (Å²) in [5.41, 5.74) is 2.66. The molecule has 1 heterocycles. The van der Waals surface area contributed by atoms with E-state index in [0.29, 0.717) is 30.2 Å². The molecular weight excluding hydrogens is 387 g/mol. The van der Waals surface area contributed by atoms with Gasteiger partial charge in [0.1, 0.15) is 5.82 Å². The number of hydrogen-bond donors (Lipinski definition) is 0. The lowest BCUT2D eigenvalue weighted by molar-refractivity contribution is 0.0736. The maximum atomic E-state index is 13.2. The Morgan fingerprint density at radius 2 is 1.86 bits per heavy atom. The molecular formula is C24H26ClFN2O. The van der Waals surface area contributed by atoms with Crippen LogP contribution in [-0.4, -0.2) is 21.9 Å². The van der Waals surface area contributed by atoms with Crippen molar-refractivity contribution in [3.63, 3.8) is 0 Å². The summed E-state index contributed by atoms with van der Waals surface area (Å²) >= 11 is 6.09. The zero-order valence-corrected chi connectivity index (χ0v) is 17.4. The molecule has 0 radical (unpaired) electrons. The highest BCUT2D eigenvalue weighted by Gasteiger charge is 2.18. The lowest BCUT2D eigenvalue weighted by atomic mass is 10.1. The number of nitrogens with zero attached hydrogens (tertiary/aromatic N) is 2. The van der Waals surface area contributed by atoms with Crippen molar-refractivity contribution in [1.29, 1.82) is 0 Å². The van der Waals surface area contributed by atoms with Crippen LogP contribution in [0.2, 0.25) is 5.02 Å². The van der Waals surface area contributed by atoms with Gasteiger partial charge in [-0.2, -0.15) is 0 Å². The van der Waals surface area contributed by atoms with Crippen molar-refractivity contribution in [1.82, 2.24) is 9.47 Å². The first-order valence-corrected chi connectivity index (χ1v) is 10.4. The molecule has 5 heteroatoms. The van der Waals surface area contributed by atoms with Crippen molar-refractivity contribution < 1.29 is 9.18 Å². The minimum Gasteiger partial charge on any atom is -0.345 e. The summed E-state index contributed by atoms with van der Waals surface area (Å²) in [5.74, 6) is -0.256. The Bertz CT molecular complexity index is 936. The van der Waals surface area contributed by atoms with Crippen molar-refractivity contribution in [2.24, 2.45) is 0 Å². The summed E-state index contributed by atoms with van der Waals surface area (Å²) < 4.78 is 15.3. The van der Waals surface area contributed by atoms with Crippen molar-refractivity contribution in [2.45, 2.75) is 39.3 Å². The third-order valence-corrected chi connectivity index (χ3v) is 5.17. The van der Waals surface area contributed by atoms with Gasteiger partial charge in [0.15, 0.2) is 0 Å². The SMILES string of the molecule is CCCCCN(Cc1cccn1Cc1ccc(F)cc1)C(=O)c1cccc(Cl)c1. The van der Waals surface area contributed by atoms with Gasteiger partial charge in [-0.1, -0.05) is 49.6 Å². The van der Waals surface area contributed by atoms with E-state index in [-0.39, 0.29) is 11.7 Å². The first kappa shape index (κ1) is 21.1. The molecule has 3 nitrogen and oxygen atoms in total. The normalized spacial score (nSPS) is 10.9. The van der Waals surface area contributed by atoms with E-state index in [1.807, 2.05) is 23.2 Å². The predicted molar refractivity (Wildman–Crippen MR) is 116 cm³/mol. The molecule has 29 heavy (non-hydrogen) atoms. The Morgan fingerprint density at radius 1 is 1.07 bits per heavy atom. The van der Waals surface area contributed by atoms with Gasteiger partial charge in [-0.3, -0.25) is 4.79 Å². The number of halogens is 2. The number of rotatable bonds is 9. The van der Waals surface area contributed by atoms with Gasteiger partial charge in [0.05, 0.1) is 6.54 Å².